The van der Waals surface area contributed by atoms with Crippen molar-refractivity contribution in [1.29, 1.82) is 0 Å². The van der Waals surface area contributed by atoms with Gasteiger partial charge in [0.1, 0.15) is 0 Å². The molecule has 0 aromatic carbocycles. The molecule has 2 aromatic heterocycles. The second kappa shape index (κ2) is 2.48. The third-order valence-electron chi connectivity index (χ3n) is 1.84. The maximum absolute atomic E-state index is 4.30. The van der Waals surface area contributed by atoms with Crippen molar-refractivity contribution in [2.24, 2.45) is 0 Å². The van der Waals surface area contributed by atoms with Crippen molar-refractivity contribution < 1.29 is 0 Å². The van der Waals surface area contributed by atoms with E-state index in [0.717, 1.165) is 17.3 Å². The number of aromatic nitrogens is 4. The van der Waals surface area contributed by atoms with Gasteiger partial charge in [-0.1, -0.05) is 0 Å². The van der Waals surface area contributed by atoms with Crippen LogP contribution in [-0.4, -0.2) is 19.7 Å². The summed E-state index contributed by atoms with van der Waals surface area (Å²) in [6, 6.07) is 1.87. The van der Waals surface area contributed by atoms with E-state index in [1.807, 2.05) is 26.1 Å². The highest BCUT2D eigenvalue weighted by Gasteiger charge is 2.02. The molecule has 0 fully saturated rings. The number of aromatic amines is 1. The van der Waals surface area contributed by atoms with Crippen LogP contribution in [0.15, 0.2) is 18.5 Å². The highest BCUT2D eigenvalue weighted by Crippen LogP contribution is 2.05. The van der Waals surface area contributed by atoms with Crippen LogP contribution < -0.4 is 0 Å². The van der Waals surface area contributed by atoms with Gasteiger partial charge >= 0.3 is 0 Å². The lowest BCUT2D eigenvalue weighted by molar-refractivity contribution is 0.821. The zero-order valence-electron chi connectivity index (χ0n) is 7.07. The molecule has 0 amide bonds. The van der Waals surface area contributed by atoms with Crippen LogP contribution in [0.2, 0.25) is 0 Å². The average Bonchev–Trinajstić information content (AvgIpc) is 2.61. The van der Waals surface area contributed by atoms with Gasteiger partial charge in [-0.15, -0.1) is 0 Å². The Morgan fingerprint density at radius 3 is 2.75 bits per heavy atom. The van der Waals surface area contributed by atoms with Gasteiger partial charge in [-0.05, 0) is 19.9 Å². The maximum Gasteiger partial charge on any atom is 0.228 e. The number of nitrogens with zero attached hydrogens (tertiary/aromatic N) is 3. The van der Waals surface area contributed by atoms with Crippen molar-refractivity contribution in [2.45, 2.75) is 13.8 Å². The Morgan fingerprint density at radius 2 is 2.25 bits per heavy atom. The highest BCUT2D eigenvalue weighted by molar-refractivity contribution is 5.19. The normalized spacial score (nSPS) is 10.5. The number of aryl methyl sites for hydroxylation is 2. The maximum atomic E-state index is 4.30. The van der Waals surface area contributed by atoms with E-state index in [4.69, 9.17) is 0 Å². The molecule has 62 valence electrons. The molecule has 0 radical (unpaired) electrons. The quantitative estimate of drug-likeness (QED) is 0.685. The molecule has 0 bridgehead atoms. The summed E-state index contributed by atoms with van der Waals surface area (Å²) in [5, 5.41) is 4.06. The van der Waals surface area contributed by atoms with Gasteiger partial charge in [-0.25, -0.2) is 9.67 Å². The molecule has 2 heterocycles. The summed E-state index contributed by atoms with van der Waals surface area (Å²) >= 11 is 0. The van der Waals surface area contributed by atoms with E-state index < -0.39 is 0 Å². The molecule has 2 aromatic rings. The van der Waals surface area contributed by atoms with E-state index in [9.17, 15) is 0 Å². The van der Waals surface area contributed by atoms with Crippen molar-refractivity contribution in [2.75, 3.05) is 0 Å². The highest BCUT2D eigenvalue weighted by atomic mass is 15.3. The van der Waals surface area contributed by atoms with Crippen molar-refractivity contribution in [3.63, 3.8) is 0 Å². The van der Waals surface area contributed by atoms with Crippen LogP contribution in [0.1, 0.15) is 11.4 Å². The van der Waals surface area contributed by atoms with Crippen molar-refractivity contribution >= 4 is 0 Å². The van der Waals surface area contributed by atoms with E-state index in [1.165, 1.54) is 0 Å². The summed E-state index contributed by atoms with van der Waals surface area (Å²) in [5.41, 5.74) is 2.10. The summed E-state index contributed by atoms with van der Waals surface area (Å²) in [4.78, 5) is 7.43. The van der Waals surface area contributed by atoms with Crippen LogP contribution in [-0.2, 0) is 0 Å². The Bertz CT molecular complexity index is 352. The number of nitrogens with one attached hydrogen (secondary N) is 1. The minimum Gasteiger partial charge on any atom is -0.326 e. The van der Waals surface area contributed by atoms with Crippen molar-refractivity contribution in [1.82, 2.24) is 19.7 Å². The van der Waals surface area contributed by atoms with Gasteiger partial charge in [-0.3, -0.25) is 0 Å². The fourth-order valence-corrected chi connectivity index (χ4v) is 1.03. The lowest BCUT2D eigenvalue weighted by Crippen LogP contribution is -1.96. The van der Waals surface area contributed by atoms with Crippen LogP contribution in [0.5, 0.6) is 0 Å². The van der Waals surface area contributed by atoms with Gasteiger partial charge < -0.3 is 4.98 Å². The molecule has 4 heteroatoms. The van der Waals surface area contributed by atoms with Gasteiger partial charge in [-0.2, -0.15) is 5.10 Å². The number of H-pyrrole nitrogens is 1. The molecular formula is C8H10N4. The Labute approximate surface area is 70.3 Å². The first-order valence-corrected chi connectivity index (χ1v) is 3.80. The molecule has 12 heavy (non-hydrogen) atoms. The third-order valence-corrected chi connectivity index (χ3v) is 1.84. The molecular weight excluding hydrogens is 152 g/mol. The molecule has 0 unspecified atom stereocenters. The Hall–Kier alpha value is -1.58. The zero-order chi connectivity index (χ0) is 8.55. The van der Waals surface area contributed by atoms with Crippen LogP contribution in [0, 0.1) is 13.8 Å². The molecule has 0 saturated carbocycles. The lowest BCUT2D eigenvalue weighted by Gasteiger charge is -1.91. The van der Waals surface area contributed by atoms with Crippen LogP contribution >= 0.6 is 0 Å². The fraction of sp³-hybridized carbons (Fsp3) is 0.250. The van der Waals surface area contributed by atoms with E-state index in [-0.39, 0.29) is 0 Å². The molecule has 0 spiro atoms. The second-order valence-electron chi connectivity index (χ2n) is 2.72. The summed E-state index contributed by atoms with van der Waals surface area (Å²) in [5.74, 6) is 0.773. The predicted octanol–water partition coefficient (Wildman–Crippen LogP) is 1.21. The van der Waals surface area contributed by atoms with Gasteiger partial charge in [0.2, 0.25) is 5.95 Å². The number of hydrogen-bond acceptors (Lipinski definition) is 2. The Morgan fingerprint density at radius 1 is 1.42 bits per heavy atom. The first-order chi connectivity index (χ1) is 5.77. The zero-order valence-corrected chi connectivity index (χ0v) is 7.07. The van der Waals surface area contributed by atoms with Gasteiger partial charge in [0.05, 0.1) is 5.69 Å². The minimum atomic E-state index is 0.773. The fourth-order valence-electron chi connectivity index (χ4n) is 1.03. The van der Waals surface area contributed by atoms with E-state index >= 15 is 0 Å². The van der Waals surface area contributed by atoms with E-state index in [2.05, 4.69) is 15.1 Å². The van der Waals surface area contributed by atoms with Crippen LogP contribution in [0.3, 0.4) is 0 Å². The first kappa shape index (κ1) is 7.09. The standard InChI is InChI=1S/C8H10N4/c1-6-7(2)11-8(10-6)12-5-3-4-9-12/h3-5H,1-2H3,(H,10,11). The Balaban J connectivity index is 2.48. The van der Waals surface area contributed by atoms with Crippen LogP contribution in [0.25, 0.3) is 5.95 Å². The molecule has 0 aliphatic heterocycles. The van der Waals surface area contributed by atoms with Gasteiger partial charge in [0.25, 0.3) is 0 Å². The van der Waals surface area contributed by atoms with Gasteiger partial charge in [0, 0.05) is 18.1 Å². The molecule has 2 rings (SSSR count). The predicted molar refractivity (Wildman–Crippen MR) is 45.2 cm³/mol. The SMILES string of the molecule is Cc1nc(-n2cccn2)[nH]c1C. The van der Waals surface area contributed by atoms with Crippen molar-refractivity contribution in [3.05, 3.63) is 29.8 Å². The van der Waals surface area contributed by atoms with Gasteiger partial charge in [0.15, 0.2) is 0 Å². The smallest absolute Gasteiger partial charge is 0.228 e. The molecule has 0 saturated heterocycles. The molecule has 1 N–H and O–H groups in total. The first-order valence-electron chi connectivity index (χ1n) is 3.80. The van der Waals surface area contributed by atoms with E-state index in [0.29, 0.717) is 0 Å². The van der Waals surface area contributed by atoms with Crippen molar-refractivity contribution in [3.8, 4) is 5.95 Å². The second-order valence-corrected chi connectivity index (χ2v) is 2.72. The summed E-state index contributed by atoms with van der Waals surface area (Å²) < 4.78 is 1.71. The van der Waals surface area contributed by atoms with E-state index in [1.54, 1.807) is 10.9 Å². The summed E-state index contributed by atoms with van der Waals surface area (Å²) in [7, 11) is 0. The number of rotatable bonds is 1. The average molecular weight is 162 g/mol. The summed E-state index contributed by atoms with van der Waals surface area (Å²) in [6.45, 7) is 3.97. The minimum absolute atomic E-state index is 0.773. The largest absolute Gasteiger partial charge is 0.326 e. The number of hydrogen-bond donors (Lipinski definition) is 1. The Kier molecular flexibility index (Phi) is 1.46. The molecule has 4 nitrogen and oxygen atoms in total. The monoisotopic (exact) mass is 162 g/mol. The molecule has 0 atom stereocenters. The molecule has 0 aliphatic carbocycles. The third kappa shape index (κ3) is 1.01. The van der Waals surface area contributed by atoms with Crippen LogP contribution in [0.4, 0.5) is 0 Å². The topological polar surface area (TPSA) is 46.5 Å². The number of imidazole rings is 1. The lowest BCUT2D eigenvalue weighted by atomic mass is 10.4. The summed E-state index contributed by atoms with van der Waals surface area (Å²) in [6.07, 6.45) is 3.59. The molecule has 0 aliphatic rings.